The van der Waals surface area contributed by atoms with Crippen LogP contribution in [0.4, 0.5) is 0 Å². The molecule has 1 fully saturated rings. The lowest BCUT2D eigenvalue weighted by Crippen LogP contribution is -2.63. The largest absolute Gasteiger partial charge is 0.508 e. The van der Waals surface area contributed by atoms with E-state index in [4.69, 9.17) is 28.4 Å². The number of benzene rings is 1. The van der Waals surface area contributed by atoms with E-state index in [-0.39, 0.29) is 18.1 Å². The van der Waals surface area contributed by atoms with E-state index in [1.54, 1.807) is 0 Å². The van der Waals surface area contributed by atoms with E-state index >= 15 is 0 Å². The average molecular weight is 440 g/mol. The quantitative estimate of drug-likeness (QED) is 0.476. The van der Waals surface area contributed by atoms with Crippen molar-refractivity contribution in [3.63, 3.8) is 0 Å². The zero-order valence-electron chi connectivity index (χ0n) is 17.4. The molecule has 0 bridgehead atoms. The van der Waals surface area contributed by atoms with Crippen molar-refractivity contribution in [2.24, 2.45) is 0 Å². The van der Waals surface area contributed by atoms with Crippen LogP contribution in [-0.4, -0.2) is 66.3 Å². The summed E-state index contributed by atoms with van der Waals surface area (Å²) in [7, 11) is 0. The number of carbonyl (C=O) groups is 4. The lowest BCUT2D eigenvalue weighted by atomic mass is 9.98. The molecule has 5 atom stereocenters. The molecule has 1 N–H and O–H groups in total. The molecule has 1 aliphatic heterocycles. The standard InChI is InChI=1S/C20H24O11/c1-10(21)26-9-16-17(27-11(2)22)18(28-12(3)23)19(29-13(4)24)20(31-16)30-15-7-5-14(25)6-8-15/h5-8,16-20,25H,9H2,1-4H3/t16-,17-,18+,19-,20+/m0/s1. The van der Waals surface area contributed by atoms with Crippen LogP contribution < -0.4 is 4.74 Å². The van der Waals surface area contributed by atoms with Gasteiger partial charge in [0.1, 0.15) is 24.2 Å². The Morgan fingerprint density at radius 3 is 1.84 bits per heavy atom. The fourth-order valence-corrected chi connectivity index (χ4v) is 2.94. The van der Waals surface area contributed by atoms with Crippen LogP contribution >= 0.6 is 0 Å². The molecule has 1 aromatic carbocycles. The normalized spacial score (nSPS) is 25.1. The van der Waals surface area contributed by atoms with Crippen molar-refractivity contribution in [1.29, 1.82) is 0 Å². The Bertz CT molecular complexity index is 804. The fourth-order valence-electron chi connectivity index (χ4n) is 2.94. The van der Waals surface area contributed by atoms with E-state index in [1.807, 2.05) is 0 Å². The van der Waals surface area contributed by atoms with Gasteiger partial charge in [0.05, 0.1) is 0 Å². The van der Waals surface area contributed by atoms with E-state index in [2.05, 4.69) is 0 Å². The number of hydrogen-bond donors (Lipinski definition) is 1. The summed E-state index contributed by atoms with van der Waals surface area (Å²) in [5.74, 6) is -2.58. The third-order valence-corrected chi connectivity index (χ3v) is 4.04. The van der Waals surface area contributed by atoms with E-state index in [0.29, 0.717) is 0 Å². The van der Waals surface area contributed by atoms with Gasteiger partial charge in [-0.2, -0.15) is 0 Å². The summed E-state index contributed by atoms with van der Waals surface area (Å²) in [5, 5.41) is 9.45. The van der Waals surface area contributed by atoms with Gasteiger partial charge in [0, 0.05) is 27.7 Å². The predicted molar refractivity (Wildman–Crippen MR) is 101 cm³/mol. The lowest BCUT2D eigenvalue weighted by molar-refractivity contribution is -0.288. The van der Waals surface area contributed by atoms with Crippen LogP contribution in [0.15, 0.2) is 24.3 Å². The Kier molecular flexibility index (Phi) is 8.20. The SMILES string of the molecule is CC(=O)OC[C@@H]1O[C@@H](Oc2ccc(O)cc2)[C@@H](OC(C)=O)[C@H](OC(C)=O)[C@H]1OC(C)=O. The molecule has 1 heterocycles. The van der Waals surface area contributed by atoms with Gasteiger partial charge in [-0.3, -0.25) is 19.2 Å². The topological polar surface area (TPSA) is 144 Å². The maximum Gasteiger partial charge on any atom is 0.303 e. The number of aromatic hydroxyl groups is 1. The maximum absolute atomic E-state index is 11.8. The number of ether oxygens (including phenoxy) is 6. The second-order valence-electron chi connectivity index (χ2n) is 6.68. The van der Waals surface area contributed by atoms with Crippen molar-refractivity contribution in [3.05, 3.63) is 24.3 Å². The third-order valence-electron chi connectivity index (χ3n) is 4.04. The highest BCUT2D eigenvalue weighted by Gasteiger charge is 2.53. The Balaban J connectivity index is 2.43. The molecule has 0 amide bonds. The Morgan fingerprint density at radius 2 is 1.32 bits per heavy atom. The minimum atomic E-state index is -1.33. The van der Waals surface area contributed by atoms with Crippen molar-refractivity contribution >= 4 is 23.9 Å². The summed E-state index contributed by atoms with van der Waals surface area (Å²) in [6, 6.07) is 5.59. The van der Waals surface area contributed by atoms with Gasteiger partial charge < -0.3 is 33.5 Å². The summed E-state index contributed by atoms with van der Waals surface area (Å²) in [6.45, 7) is 4.22. The monoisotopic (exact) mass is 440 g/mol. The maximum atomic E-state index is 11.8. The number of hydrogen-bond acceptors (Lipinski definition) is 11. The zero-order chi connectivity index (χ0) is 23.1. The smallest absolute Gasteiger partial charge is 0.303 e. The number of rotatable bonds is 7. The predicted octanol–water partition coefficient (Wildman–Crippen LogP) is 0.854. The van der Waals surface area contributed by atoms with Crippen LogP contribution in [0.25, 0.3) is 0 Å². The van der Waals surface area contributed by atoms with Crippen LogP contribution in [0.1, 0.15) is 27.7 Å². The summed E-state index contributed by atoms with van der Waals surface area (Å²) >= 11 is 0. The van der Waals surface area contributed by atoms with Crippen LogP contribution in [0.3, 0.4) is 0 Å². The highest BCUT2D eigenvalue weighted by molar-refractivity contribution is 5.68. The Morgan fingerprint density at radius 1 is 0.806 bits per heavy atom. The van der Waals surface area contributed by atoms with Crippen molar-refractivity contribution in [1.82, 2.24) is 0 Å². The fraction of sp³-hybridized carbons (Fsp3) is 0.500. The first-order valence-electron chi connectivity index (χ1n) is 9.33. The summed E-state index contributed by atoms with van der Waals surface area (Å²) < 4.78 is 32.4. The molecule has 170 valence electrons. The molecule has 0 spiro atoms. The van der Waals surface area contributed by atoms with Gasteiger partial charge in [0.25, 0.3) is 0 Å². The first kappa shape index (κ1) is 23.9. The van der Waals surface area contributed by atoms with Crippen molar-refractivity contribution < 1.29 is 52.7 Å². The lowest BCUT2D eigenvalue weighted by Gasteiger charge is -2.43. The van der Waals surface area contributed by atoms with Crippen molar-refractivity contribution in [2.75, 3.05) is 6.61 Å². The molecule has 1 aliphatic rings. The van der Waals surface area contributed by atoms with Gasteiger partial charge in [-0.15, -0.1) is 0 Å². The number of phenols is 1. The van der Waals surface area contributed by atoms with Crippen LogP contribution in [0.2, 0.25) is 0 Å². The third kappa shape index (κ3) is 7.14. The van der Waals surface area contributed by atoms with Gasteiger partial charge in [0.2, 0.25) is 12.4 Å². The number of esters is 4. The number of phenolic OH excluding ortho intramolecular Hbond substituents is 1. The minimum absolute atomic E-state index is 0.00565. The van der Waals surface area contributed by atoms with E-state index in [9.17, 15) is 24.3 Å². The van der Waals surface area contributed by atoms with Gasteiger partial charge >= 0.3 is 23.9 Å². The van der Waals surface area contributed by atoms with E-state index < -0.39 is 54.6 Å². The zero-order valence-corrected chi connectivity index (χ0v) is 17.4. The van der Waals surface area contributed by atoms with Gasteiger partial charge in [-0.25, -0.2) is 0 Å². The molecule has 0 radical (unpaired) electrons. The molecule has 11 nitrogen and oxygen atoms in total. The van der Waals surface area contributed by atoms with Gasteiger partial charge in [0.15, 0.2) is 12.2 Å². The molecule has 0 unspecified atom stereocenters. The Labute approximate surface area is 178 Å². The first-order chi connectivity index (χ1) is 14.6. The Hall–Kier alpha value is -3.34. The summed E-state index contributed by atoms with van der Waals surface area (Å²) in [4.78, 5) is 46.4. The number of carbonyl (C=O) groups excluding carboxylic acids is 4. The molecular weight excluding hydrogens is 416 g/mol. The van der Waals surface area contributed by atoms with Gasteiger partial charge in [-0.05, 0) is 24.3 Å². The summed E-state index contributed by atoms with van der Waals surface area (Å²) in [5.41, 5.74) is 0. The molecule has 31 heavy (non-hydrogen) atoms. The molecule has 1 saturated heterocycles. The van der Waals surface area contributed by atoms with E-state index in [0.717, 1.165) is 20.8 Å². The highest BCUT2D eigenvalue weighted by Crippen LogP contribution is 2.31. The molecule has 1 aromatic rings. The average Bonchev–Trinajstić information content (AvgIpc) is 2.65. The van der Waals surface area contributed by atoms with Crippen molar-refractivity contribution in [2.45, 2.75) is 58.4 Å². The van der Waals surface area contributed by atoms with Crippen molar-refractivity contribution in [3.8, 4) is 11.5 Å². The molecule has 0 aliphatic carbocycles. The summed E-state index contributed by atoms with van der Waals surface area (Å²) in [6.07, 6.45) is -6.34. The minimum Gasteiger partial charge on any atom is -0.508 e. The second-order valence-corrected chi connectivity index (χ2v) is 6.68. The second kappa shape index (κ2) is 10.6. The first-order valence-corrected chi connectivity index (χ1v) is 9.33. The highest BCUT2D eigenvalue weighted by atomic mass is 16.7. The molecular formula is C20H24O11. The molecule has 2 rings (SSSR count). The molecule has 0 saturated carbocycles. The van der Waals surface area contributed by atoms with Crippen LogP contribution in [-0.2, 0) is 42.9 Å². The van der Waals surface area contributed by atoms with Gasteiger partial charge in [-0.1, -0.05) is 0 Å². The molecule has 0 aromatic heterocycles. The molecule has 11 heteroatoms. The van der Waals surface area contributed by atoms with E-state index in [1.165, 1.54) is 31.2 Å². The van der Waals surface area contributed by atoms with Crippen LogP contribution in [0.5, 0.6) is 11.5 Å². The van der Waals surface area contributed by atoms with Crippen LogP contribution in [0, 0.1) is 0 Å².